The predicted octanol–water partition coefficient (Wildman–Crippen LogP) is 7.62. The lowest BCUT2D eigenvalue weighted by atomic mass is 9.84. The van der Waals surface area contributed by atoms with E-state index in [1.165, 1.54) is 55.1 Å². The van der Waals surface area contributed by atoms with Gasteiger partial charge in [-0.15, -0.1) is 11.3 Å². The zero-order chi connectivity index (χ0) is 19.6. The molecule has 0 bridgehead atoms. The number of aromatic nitrogens is 1. The van der Waals surface area contributed by atoms with Crippen LogP contribution in [0.15, 0.2) is 53.9 Å². The van der Waals surface area contributed by atoms with Gasteiger partial charge in [-0.2, -0.15) is 13.2 Å². The molecule has 146 valence electrons. The number of nitrogens with zero attached hydrogens (tertiary/aromatic N) is 1. The summed E-state index contributed by atoms with van der Waals surface area (Å²) in [5, 5.41) is 5.69. The Kier molecular flexibility index (Phi) is 5.40. The second-order valence-corrected chi connectivity index (χ2v) is 8.06. The molecule has 1 aliphatic rings. The van der Waals surface area contributed by atoms with E-state index in [1.807, 2.05) is 0 Å². The number of halogens is 3. The molecule has 4 rings (SSSR count). The van der Waals surface area contributed by atoms with E-state index in [4.69, 9.17) is 0 Å². The molecule has 1 aliphatic carbocycles. The van der Waals surface area contributed by atoms with Crippen LogP contribution in [0.25, 0.3) is 11.3 Å². The quantitative estimate of drug-likeness (QED) is 0.485. The number of thiazole rings is 1. The molecule has 0 radical (unpaired) electrons. The minimum atomic E-state index is -4.35. The monoisotopic (exact) mass is 402 g/mol. The van der Waals surface area contributed by atoms with Gasteiger partial charge in [0.15, 0.2) is 5.13 Å². The predicted molar refractivity (Wildman–Crippen MR) is 108 cm³/mol. The minimum absolute atomic E-state index is 0.465. The molecule has 0 amide bonds. The summed E-state index contributed by atoms with van der Waals surface area (Å²) in [6, 6.07) is 13.7. The maximum atomic E-state index is 12.9. The summed E-state index contributed by atoms with van der Waals surface area (Å²) >= 11 is 1.38. The van der Waals surface area contributed by atoms with Crippen molar-refractivity contribution in [3.05, 3.63) is 65.0 Å². The molecule has 2 nitrogen and oxygen atoms in total. The Morgan fingerprint density at radius 3 is 2.43 bits per heavy atom. The van der Waals surface area contributed by atoms with Crippen LogP contribution in [-0.4, -0.2) is 4.98 Å². The fourth-order valence-electron chi connectivity index (χ4n) is 3.72. The Morgan fingerprint density at radius 1 is 0.964 bits per heavy atom. The van der Waals surface area contributed by atoms with Gasteiger partial charge in [0.05, 0.1) is 11.3 Å². The molecule has 3 aromatic rings. The van der Waals surface area contributed by atoms with E-state index in [2.05, 4.69) is 34.6 Å². The third kappa shape index (κ3) is 4.38. The molecule has 2 aromatic carbocycles. The van der Waals surface area contributed by atoms with Crippen LogP contribution in [0.4, 0.5) is 24.0 Å². The molecule has 0 spiro atoms. The molecule has 0 aliphatic heterocycles. The van der Waals surface area contributed by atoms with Crippen LogP contribution in [-0.2, 0) is 6.18 Å². The van der Waals surface area contributed by atoms with Crippen molar-refractivity contribution in [1.82, 2.24) is 4.98 Å². The Morgan fingerprint density at radius 2 is 1.71 bits per heavy atom. The number of alkyl halides is 3. The lowest BCUT2D eigenvalue weighted by molar-refractivity contribution is -0.137. The van der Waals surface area contributed by atoms with Gasteiger partial charge >= 0.3 is 6.18 Å². The van der Waals surface area contributed by atoms with Gasteiger partial charge in [-0.25, -0.2) is 4.98 Å². The van der Waals surface area contributed by atoms with Crippen molar-refractivity contribution in [1.29, 1.82) is 0 Å². The van der Waals surface area contributed by atoms with E-state index in [-0.39, 0.29) is 0 Å². The molecular weight excluding hydrogens is 381 g/mol. The molecule has 1 heterocycles. The minimum Gasteiger partial charge on any atom is -0.332 e. The van der Waals surface area contributed by atoms with Gasteiger partial charge in [0.25, 0.3) is 0 Å². The van der Waals surface area contributed by atoms with Gasteiger partial charge in [-0.05, 0) is 48.6 Å². The molecule has 1 N–H and O–H groups in total. The van der Waals surface area contributed by atoms with Crippen molar-refractivity contribution in [2.45, 2.75) is 44.2 Å². The second-order valence-electron chi connectivity index (χ2n) is 7.20. The van der Waals surface area contributed by atoms with Crippen LogP contribution in [0.1, 0.15) is 49.1 Å². The van der Waals surface area contributed by atoms with Crippen molar-refractivity contribution in [3.63, 3.8) is 0 Å². The molecule has 6 heteroatoms. The van der Waals surface area contributed by atoms with E-state index < -0.39 is 11.7 Å². The smallest absolute Gasteiger partial charge is 0.332 e. The first kappa shape index (κ1) is 19.0. The molecule has 1 aromatic heterocycles. The molecular formula is C22H21F3N2S. The molecule has 1 saturated carbocycles. The summed E-state index contributed by atoms with van der Waals surface area (Å²) < 4.78 is 38.7. The van der Waals surface area contributed by atoms with E-state index in [0.717, 1.165) is 17.8 Å². The summed E-state index contributed by atoms with van der Waals surface area (Å²) in [7, 11) is 0. The van der Waals surface area contributed by atoms with E-state index >= 15 is 0 Å². The lowest BCUT2D eigenvalue weighted by Gasteiger charge is -2.22. The van der Waals surface area contributed by atoms with Gasteiger partial charge in [0, 0.05) is 16.6 Å². The van der Waals surface area contributed by atoms with E-state index in [1.54, 1.807) is 11.4 Å². The number of benzene rings is 2. The van der Waals surface area contributed by atoms with E-state index in [0.29, 0.717) is 22.3 Å². The van der Waals surface area contributed by atoms with Crippen LogP contribution in [0.2, 0.25) is 0 Å². The third-order valence-corrected chi connectivity index (χ3v) is 5.99. The Labute approximate surface area is 166 Å². The van der Waals surface area contributed by atoms with Crippen molar-refractivity contribution in [2.24, 2.45) is 0 Å². The number of nitrogens with one attached hydrogen (secondary N) is 1. The average molecular weight is 402 g/mol. The highest BCUT2D eigenvalue weighted by atomic mass is 32.1. The maximum Gasteiger partial charge on any atom is 0.416 e. The summed E-state index contributed by atoms with van der Waals surface area (Å²) in [5.74, 6) is 0.662. The standard InChI is InChI=1S/C22H21F3N2S/c23-22(24,25)18-8-4-7-17(13-18)20-14-28-21(27-20)26-19-11-9-16(10-12-19)15-5-2-1-3-6-15/h4,7-15H,1-3,5-6H2,(H,26,27). The summed E-state index contributed by atoms with van der Waals surface area (Å²) in [6.45, 7) is 0. The summed E-state index contributed by atoms with van der Waals surface area (Å²) in [6.07, 6.45) is 2.13. The van der Waals surface area contributed by atoms with Crippen molar-refractivity contribution < 1.29 is 13.2 Å². The van der Waals surface area contributed by atoms with Gasteiger partial charge in [-0.3, -0.25) is 0 Å². The Hall–Kier alpha value is -2.34. The highest BCUT2D eigenvalue weighted by Crippen LogP contribution is 2.35. The third-order valence-electron chi connectivity index (χ3n) is 5.23. The first-order valence-electron chi connectivity index (χ1n) is 9.49. The Bertz CT molecular complexity index is 925. The van der Waals surface area contributed by atoms with Crippen LogP contribution >= 0.6 is 11.3 Å². The molecule has 0 unspecified atom stereocenters. The normalized spacial score (nSPS) is 15.5. The first-order valence-corrected chi connectivity index (χ1v) is 10.4. The van der Waals surface area contributed by atoms with Gasteiger partial charge in [-0.1, -0.05) is 43.5 Å². The van der Waals surface area contributed by atoms with Crippen molar-refractivity contribution >= 4 is 22.2 Å². The van der Waals surface area contributed by atoms with E-state index in [9.17, 15) is 13.2 Å². The zero-order valence-corrected chi connectivity index (χ0v) is 16.1. The number of hydrogen-bond donors (Lipinski definition) is 1. The second kappa shape index (κ2) is 7.95. The van der Waals surface area contributed by atoms with Gasteiger partial charge < -0.3 is 5.32 Å². The summed E-state index contributed by atoms with van der Waals surface area (Å²) in [4.78, 5) is 4.45. The number of rotatable bonds is 4. The fourth-order valence-corrected chi connectivity index (χ4v) is 4.46. The van der Waals surface area contributed by atoms with Gasteiger partial charge in [0.2, 0.25) is 0 Å². The number of hydrogen-bond acceptors (Lipinski definition) is 3. The zero-order valence-electron chi connectivity index (χ0n) is 15.3. The average Bonchev–Trinajstić information content (AvgIpc) is 3.17. The van der Waals surface area contributed by atoms with Crippen molar-refractivity contribution in [3.8, 4) is 11.3 Å². The van der Waals surface area contributed by atoms with Crippen LogP contribution in [0.3, 0.4) is 0 Å². The highest BCUT2D eigenvalue weighted by Gasteiger charge is 2.30. The largest absolute Gasteiger partial charge is 0.416 e. The molecule has 1 fully saturated rings. The van der Waals surface area contributed by atoms with Crippen LogP contribution in [0, 0.1) is 0 Å². The summed E-state index contributed by atoms with van der Waals surface area (Å²) in [5.41, 5.74) is 2.66. The lowest BCUT2D eigenvalue weighted by Crippen LogP contribution is -2.04. The fraction of sp³-hybridized carbons (Fsp3) is 0.318. The topological polar surface area (TPSA) is 24.9 Å². The first-order chi connectivity index (χ1) is 13.5. The molecule has 28 heavy (non-hydrogen) atoms. The van der Waals surface area contributed by atoms with Crippen LogP contribution in [0.5, 0.6) is 0 Å². The van der Waals surface area contributed by atoms with Gasteiger partial charge in [0.1, 0.15) is 0 Å². The molecule has 0 saturated heterocycles. The number of anilines is 2. The Balaban J connectivity index is 1.46. The maximum absolute atomic E-state index is 12.9. The highest BCUT2D eigenvalue weighted by molar-refractivity contribution is 7.14. The van der Waals surface area contributed by atoms with Crippen LogP contribution < -0.4 is 5.32 Å². The SMILES string of the molecule is FC(F)(F)c1cccc(-c2csc(Nc3ccc(C4CCCCC4)cc3)n2)c1. The molecule has 0 atom stereocenters. The van der Waals surface area contributed by atoms with Crippen molar-refractivity contribution in [2.75, 3.05) is 5.32 Å².